The molecule has 1 aliphatic heterocycles. The lowest BCUT2D eigenvalue weighted by atomic mass is 9.82. The van der Waals surface area contributed by atoms with Gasteiger partial charge in [0.25, 0.3) is 0 Å². The summed E-state index contributed by atoms with van der Waals surface area (Å²) in [5, 5.41) is 0. The summed E-state index contributed by atoms with van der Waals surface area (Å²) in [5.41, 5.74) is 9.05. The Labute approximate surface area is 135 Å². The van der Waals surface area contributed by atoms with E-state index >= 15 is 0 Å². The average Bonchev–Trinajstić information content (AvgIpc) is 2.75. The second-order valence-electron chi connectivity index (χ2n) is 8.89. The van der Waals surface area contributed by atoms with Crippen LogP contribution in [0.5, 0.6) is 0 Å². The number of hydrogen-bond donors (Lipinski definition) is 0. The van der Waals surface area contributed by atoms with E-state index in [1.54, 1.807) is 0 Å². The third-order valence-corrected chi connectivity index (χ3v) is 4.98. The van der Waals surface area contributed by atoms with E-state index < -0.39 is 0 Å². The molecule has 2 aliphatic rings. The molecule has 1 nitrogen and oxygen atoms in total. The van der Waals surface area contributed by atoms with Crippen molar-refractivity contribution in [1.82, 2.24) is 0 Å². The summed E-state index contributed by atoms with van der Waals surface area (Å²) in [6.45, 7) is 13.7. The van der Waals surface area contributed by atoms with Crippen LogP contribution in [0.1, 0.15) is 77.5 Å². The second kappa shape index (κ2) is 5.08. The summed E-state index contributed by atoms with van der Waals surface area (Å²) in [7, 11) is 0. The molecule has 0 spiro atoms. The second-order valence-corrected chi connectivity index (χ2v) is 8.89. The highest BCUT2D eigenvalue weighted by Crippen LogP contribution is 2.41. The van der Waals surface area contributed by atoms with Crippen molar-refractivity contribution in [3.63, 3.8) is 0 Å². The van der Waals surface area contributed by atoms with Crippen molar-refractivity contribution in [2.75, 3.05) is 0 Å². The molecular formula is C21H29N. The highest BCUT2D eigenvalue weighted by molar-refractivity contribution is 6.03. The Morgan fingerprint density at radius 3 is 2.27 bits per heavy atom. The fourth-order valence-corrected chi connectivity index (χ4v) is 3.44. The van der Waals surface area contributed by atoms with Crippen LogP contribution in [-0.4, -0.2) is 5.71 Å². The molecule has 1 heterocycles. The molecule has 0 unspecified atom stereocenters. The highest BCUT2D eigenvalue weighted by Gasteiger charge is 2.29. The van der Waals surface area contributed by atoms with Crippen LogP contribution < -0.4 is 0 Å². The van der Waals surface area contributed by atoms with Crippen molar-refractivity contribution in [3.05, 3.63) is 40.6 Å². The fourth-order valence-electron chi connectivity index (χ4n) is 3.44. The lowest BCUT2D eigenvalue weighted by Gasteiger charge is -2.22. The standard InChI is InChI=1S/C21H29N/c1-20(2,3)15-10-11-16-14(12-15)8-7-9-18-17(16)13-19(22-18)21(4,5)6/h10-12H,7-9,13H2,1-6H3. The molecule has 22 heavy (non-hydrogen) atoms. The third-order valence-electron chi connectivity index (χ3n) is 4.98. The van der Waals surface area contributed by atoms with Crippen molar-refractivity contribution in [3.8, 4) is 0 Å². The topological polar surface area (TPSA) is 12.4 Å². The first-order chi connectivity index (χ1) is 10.2. The van der Waals surface area contributed by atoms with Gasteiger partial charge in [0.1, 0.15) is 0 Å². The van der Waals surface area contributed by atoms with Crippen LogP contribution in [-0.2, 0) is 11.8 Å². The first-order valence-electron chi connectivity index (χ1n) is 8.60. The van der Waals surface area contributed by atoms with Crippen LogP contribution in [0.25, 0.3) is 5.57 Å². The maximum atomic E-state index is 5.01. The number of aliphatic imine (C=N–C) groups is 1. The van der Waals surface area contributed by atoms with E-state index in [4.69, 9.17) is 4.99 Å². The summed E-state index contributed by atoms with van der Waals surface area (Å²) in [5.74, 6) is 0. The molecule has 1 aromatic carbocycles. The van der Waals surface area contributed by atoms with Crippen LogP contribution in [0, 0.1) is 5.41 Å². The summed E-state index contributed by atoms with van der Waals surface area (Å²) < 4.78 is 0. The summed E-state index contributed by atoms with van der Waals surface area (Å²) in [4.78, 5) is 5.01. The van der Waals surface area contributed by atoms with Crippen LogP contribution >= 0.6 is 0 Å². The molecule has 0 aromatic heterocycles. The van der Waals surface area contributed by atoms with Gasteiger partial charge < -0.3 is 0 Å². The molecule has 1 heteroatoms. The zero-order chi connectivity index (χ0) is 16.1. The number of hydrogen-bond acceptors (Lipinski definition) is 1. The first-order valence-corrected chi connectivity index (χ1v) is 8.60. The third kappa shape index (κ3) is 2.78. The Kier molecular flexibility index (Phi) is 3.58. The highest BCUT2D eigenvalue weighted by atomic mass is 14.8. The smallest absolute Gasteiger partial charge is 0.0445 e. The average molecular weight is 295 g/mol. The van der Waals surface area contributed by atoms with Crippen molar-refractivity contribution in [1.29, 1.82) is 0 Å². The molecule has 1 aromatic rings. The summed E-state index contributed by atoms with van der Waals surface area (Å²) >= 11 is 0. The molecule has 0 bridgehead atoms. The molecule has 0 N–H and O–H groups in total. The molecule has 0 fully saturated rings. The number of allylic oxidation sites excluding steroid dienone is 2. The minimum Gasteiger partial charge on any atom is -0.261 e. The van der Waals surface area contributed by atoms with E-state index in [0.29, 0.717) is 0 Å². The Hall–Kier alpha value is -1.37. The Morgan fingerprint density at radius 2 is 1.64 bits per heavy atom. The van der Waals surface area contributed by atoms with E-state index in [2.05, 4.69) is 59.7 Å². The maximum Gasteiger partial charge on any atom is 0.0445 e. The predicted molar refractivity (Wildman–Crippen MR) is 96.5 cm³/mol. The van der Waals surface area contributed by atoms with Gasteiger partial charge in [-0.2, -0.15) is 0 Å². The molecule has 0 saturated heterocycles. The zero-order valence-electron chi connectivity index (χ0n) is 15.0. The SMILES string of the molecule is CC(C)(C)C1=NC2=C(C1)c1ccc(C(C)(C)C)cc1CCC2. The van der Waals surface area contributed by atoms with Gasteiger partial charge in [-0.05, 0) is 46.9 Å². The van der Waals surface area contributed by atoms with E-state index in [1.165, 1.54) is 46.5 Å². The Balaban J connectivity index is 2.01. The number of aryl methyl sites for hydroxylation is 1. The minimum atomic E-state index is 0.178. The van der Waals surface area contributed by atoms with Crippen LogP contribution in [0.15, 0.2) is 28.9 Å². The van der Waals surface area contributed by atoms with E-state index in [1.807, 2.05) is 0 Å². The van der Waals surface area contributed by atoms with Crippen molar-refractivity contribution in [2.24, 2.45) is 10.4 Å². The van der Waals surface area contributed by atoms with E-state index in [-0.39, 0.29) is 10.8 Å². The minimum absolute atomic E-state index is 0.178. The van der Waals surface area contributed by atoms with Gasteiger partial charge in [0.15, 0.2) is 0 Å². The molecule has 0 saturated carbocycles. The van der Waals surface area contributed by atoms with Crippen molar-refractivity contribution < 1.29 is 0 Å². The summed E-state index contributed by atoms with van der Waals surface area (Å²) in [6, 6.07) is 7.13. The molecule has 0 amide bonds. The molecule has 0 radical (unpaired) electrons. The van der Waals surface area contributed by atoms with Crippen LogP contribution in [0.2, 0.25) is 0 Å². The Bertz CT molecular complexity index is 660. The molecule has 1 aliphatic carbocycles. The number of rotatable bonds is 0. The number of fused-ring (bicyclic) bond motifs is 2. The zero-order valence-corrected chi connectivity index (χ0v) is 15.0. The van der Waals surface area contributed by atoms with Gasteiger partial charge in [-0.25, -0.2) is 0 Å². The van der Waals surface area contributed by atoms with E-state index in [0.717, 1.165) is 12.8 Å². The lowest BCUT2D eigenvalue weighted by Crippen LogP contribution is -2.18. The number of nitrogens with zero attached hydrogens (tertiary/aromatic N) is 1. The van der Waals surface area contributed by atoms with Gasteiger partial charge >= 0.3 is 0 Å². The molecule has 0 atom stereocenters. The van der Waals surface area contributed by atoms with E-state index in [9.17, 15) is 0 Å². The fraction of sp³-hybridized carbons (Fsp3) is 0.571. The quantitative estimate of drug-likeness (QED) is 0.563. The summed E-state index contributed by atoms with van der Waals surface area (Å²) in [6.07, 6.45) is 4.59. The first kappa shape index (κ1) is 15.5. The van der Waals surface area contributed by atoms with Crippen molar-refractivity contribution >= 4 is 11.3 Å². The van der Waals surface area contributed by atoms with Gasteiger partial charge in [-0.1, -0.05) is 59.7 Å². The number of benzene rings is 1. The predicted octanol–water partition coefficient (Wildman–Crippen LogP) is 5.92. The normalized spacial score (nSPS) is 18.7. The molecule has 3 rings (SSSR count). The van der Waals surface area contributed by atoms with Crippen LogP contribution in [0.4, 0.5) is 0 Å². The van der Waals surface area contributed by atoms with Gasteiger partial charge in [0.05, 0.1) is 0 Å². The van der Waals surface area contributed by atoms with Gasteiger partial charge in [0.2, 0.25) is 0 Å². The largest absolute Gasteiger partial charge is 0.261 e. The monoisotopic (exact) mass is 295 g/mol. The van der Waals surface area contributed by atoms with Gasteiger partial charge in [0, 0.05) is 23.2 Å². The lowest BCUT2D eigenvalue weighted by molar-refractivity contribution is 0.584. The van der Waals surface area contributed by atoms with Crippen molar-refractivity contribution in [2.45, 2.75) is 72.6 Å². The van der Waals surface area contributed by atoms with Gasteiger partial charge in [-0.3, -0.25) is 4.99 Å². The molecule has 118 valence electrons. The van der Waals surface area contributed by atoms with Crippen LogP contribution in [0.3, 0.4) is 0 Å². The maximum absolute atomic E-state index is 5.01. The molecular weight excluding hydrogens is 266 g/mol. The van der Waals surface area contributed by atoms with Gasteiger partial charge in [-0.15, -0.1) is 0 Å². The Morgan fingerprint density at radius 1 is 0.909 bits per heavy atom.